The molecule has 2 heteroatoms. The predicted octanol–water partition coefficient (Wildman–Crippen LogP) is 3.14. The van der Waals surface area contributed by atoms with Gasteiger partial charge in [0.25, 0.3) is 0 Å². The molecule has 0 amide bonds. The van der Waals surface area contributed by atoms with Crippen LogP contribution in [0, 0.1) is 5.92 Å². The molecular weight excluding hydrogens is 184 g/mol. The van der Waals surface area contributed by atoms with Gasteiger partial charge in [-0.25, -0.2) is 0 Å². The molecule has 1 aromatic rings. The third kappa shape index (κ3) is 3.15. The Morgan fingerprint density at radius 1 is 1.20 bits per heavy atom. The SMILES string of the molecule is CC(C)CC(C)N(C)c1ccccc1N. The van der Waals surface area contributed by atoms with Gasteiger partial charge < -0.3 is 10.6 Å². The molecule has 1 atom stereocenters. The van der Waals surface area contributed by atoms with Crippen LogP contribution in [0.5, 0.6) is 0 Å². The minimum Gasteiger partial charge on any atom is -0.397 e. The van der Waals surface area contributed by atoms with Crippen LogP contribution in [0.25, 0.3) is 0 Å². The van der Waals surface area contributed by atoms with Gasteiger partial charge in [0.1, 0.15) is 0 Å². The van der Waals surface area contributed by atoms with Gasteiger partial charge in [-0.05, 0) is 31.4 Å². The van der Waals surface area contributed by atoms with E-state index in [1.54, 1.807) is 0 Å². The Morgan fingerprint density at radius 2 is 1.80 bits per heavy atom. The molecule has 0 aromatic heterocycles. The van der Waals surface area contributed by atoms with E-state index in [1.165, 1.54) is 6.42 Å². The summed E-state index contributed by atoms with van der Waals surface area (Å²) >= 11 is 0. The van der Waals surface area contributed by atoms with Gasteiger partial charge in [-0.2, -0.15) is 0 Å². The summed E-state index contributed by atoms with van der Waals surface area (Å²) in [6.45, 7) is 6.74. The Hall–Kier alpha value is -1.18. The lowest BCUT2D eigenvalue weighted by Gasteiger charge is -2.29. The number of nitrogens with zero attached hydrogens (tertiary/aromatic N) is 1. The van der Waals surface area contributed by atoms with Crippen LogP contribution < -0.4 is 10.6 Å². The van der Waals surface area contributed by atoms with Gasteiger partial charge in [0, 0.05) is 13.1 Å². The van der Waals surface area contributed by atoms with Gasteiger partial charge in [-0.15, -0.1) is 0 Å². The van der Waals surface area contributed by atoms with E-state index >= 15 is 0 Å². The highest BCUT2D eigenvalue weighted by Crippen LogP contribution is 2.24. The Balaban J connectivity index is 2.76. The summed E-state index contributed by atoms with van der Waals surface area (Å²) in [5.74, 6) is 0.715. The molecule has 0 aliphatic rings. The van der Waals surface area contributed by atoms with Gasteiger partial charge in [-0.3, -0.25) is 0 Å². The maximum Gasteiger partial charge on any atom is 0.0599 e. The van der Waals surface area contributed by atoms with Crippen molar-refractivity contribution in [3.05, 3.63) is 24.3 Å². The molecule has 15 heavy (non-hydrogen) atoms. The molecule has 1 rings (SSSR count). The van der Waals surface area contributed by atoms with Crippen LogP contribution in [0.2, 0.25) is 0 Å². The Bertz CT molecular complexity index is 307. The lowest BCUT2D eigenvalue weighted by atomic mass is 10.0. The van der Waals surface area contributed by atoms with Gasteiger partial charge >= 0.3 is 0 Å². The Morgan fingerprint density at radius 3 is 2.33 bits per heavy atom. The van der Waals surface area contributed by atoms with E-state index in [4.69, 9.17) is 5.73 Å². The molecular formula is C13H22N2. The van der Waals surface area contributed by atoms with E-state index in [0.29, 0.717) is 12.0 Å². The number of hydrogen-bond donors (Lipinski definition) is 1. The van der Waals surface area contributed by atoms with Gasteiger partial charge in [0.2, 0.25) is 0 Å². The van der Waals surface area contributed by atoms with Crippen LogP contribution in [0.3, 0.4) is 0 Å². The van der Waals surface area contributed by atoms with Crippen molar-refractivity contribution >= 4 is 11.4 Å². The maximum atomic E-state index is 5.95. The highest BCUT2D eigenvalue weighted by atomic mass is 15.1. The number of hydrogen-bond acceptors (Lipinski definition) is 2. The summed E-state index contributed by atoms with van der Waals surface area (Å²) in [6, 6.07) is 8.55. The Labute approximate surface area is 93.1 Å². The predicted molar refractivity (Wildman–Crippen MR) is 68.2 cm³/mol. The van der Waals surface area contributed by atoms with Crippen molar-refractivity contribution < 1.29 is 0 Å². The van der Waals surface area contributed by atoms with E-state index in [1.807, 2.05) is 18.2 Å². The fourth-order valence-electron chi connectivity index (χ4n) is 1.89. The first-order valence-electron chi connectivity index (χ1n) is 5.59. The molecule has 1 aromatic carbocycles. The second kappa shape index (κ2) is 5.06. The zero-order valence-corrected chi connectivity index (χ0v) is 10.2. The number of rotatable bonds is 4. The molecule has 0 bridgehead atoms. The largest absolute Gasteiger partial charge is 0.397 e. The van der Waals surface area contributed by atoms with Gasteiger partial charge in [0.15, 0.2) is 0 Å². The first-order valence-corrected chi connectivity index (χ1v) is 5.59. The normalized spacial score (nSPS) is 12.9. The third-order valence-corrected chi connectivity index (χ3v) is 2.79. The number of nitrogens with two attached hydrogens (primary N) is 1. The van der Waals surface area contributed by atoms with E-state index in [9.17, 15) is 0 Å². The average Bonchev–Trinajstić information content (AvgIpc) is 2.16. The van der Waals surface area contributed by atoms with E-state index in [2.05, 4.69) is 38.8 Å². The molecule has 0 fully saturated rings. The molecule has 1 unspecified atom stereocenters. The lowest BCUT2D eigenvalue weighted by molar-refractivity contribution is 0.504. The molecule has 0 radical (unpaired) electrons. The molecule has 0 spiro atoms. The zero-order valence-electron chi connectivity index (χ0n) is 10.2. The molecule has 0 aliphatic heterocycles. The van der Waals surface area contributed by atoms with E-state index < -0.39 is 0 Å². The zero-order chi connectivity index (χ0) is 11.4. The quantitative estimate of drug-likeness (QED) is 0.767. The topological polar surface area (TPSA) is 29.3 Å². The second-order valence-corrected chi connectivity index (χ2v) is 4.65. The highest BCUT2D eigenvalue weighted by Gasteiger charge is 2.13. The van der Waals surface area contributed by atoms with Crippen molar-refractivity contribution in [2.45, 2.75) is 33.2 Å². The molecule has 2 nitrogen and oxygen atoms in total. The summed E-state index contributed by atoms with van der Waals surface area (Å²) < 4.78 is 0. The van der Waals surface area contributed by atoms with Crippen LogP contribution in [0.15, 0.2) is 24.3 Å². The first kappa shape index (κ1) is 11.9. The van der Waals surface area contributed by atoms with Crippen molar-refractivity contribution in [1.82, 2.24) is 0 Å². The van der Waals surface area contributed by atoms with Crippen LogP contribution in [-0.2, 0) is 0 Å². The molecule has 0 saturated heterocycles. The maximum absolute atomic E-state index is 5.95. The summed E-state index contributed by atoms with van der Waals surface area (Å²) in [7, 11) is 2.11. The van der Waals surface area contributed by atoms with Crippen molar-refractivity contribution in [1.29, 1.82) is 0 Å². The van der Waals surface area contributed by atoms with Crippen LogP contribution in [0.4, 0.5) is 11.4 Å². The van der Waals surface area contributed by atoms with Crippen LogP contribution >= 0.6 is 0 Å². The minimum atomic E-state index is 0.523. The smallest absolute Gasteiger partial charge is 0.0599 e. The van der Waals surface area contributed by atoms with Crippen LogP contribution in [-0.4, -0.2) is 13.1 Å². The summed E-state index contributed by atoms with van der Waals surface area (Å²) in [5, 5.41) is 0. The first-order chi connectivity index (χ1) is 7.02. The fraction of sp³-hybridized carbons (Fsp3) is 0.538. The third-order valence-electron chi connectivity index (χ3n) is 2.79. The van der Waals surface area contributed by atoms with E-state index in [-0.39, 0.29) is 0 Å². The number of anilines is 2. The van der Waals surface area contributed by atoms with Gasteiger partial charge in [-0.1, -0.05) is 26.0 Å². The van der Waals surface area contributed by atoms with Crippen molar-refractivity contribution in [3.8, 4) is 0 Å². The lowest BCUT2D eigenvalue weighted by Crippen LogP contribution is -2.30. The van der Waals surface area contributed by atoms with E-state index in [0.717, 1.165) is 11.4 Å². The monoisotopic (exact) mass is 206 g/mol. The standard InChI is InChI=1S/C13H22N2/c1-10(2)9-11(3)15(4)13-8-6-5-7-12(13)14/h5-8,10-11H,9,14H2,1-4H3. The molecule has 84 valence electrons. The Kier molecular flexibility index (Phi) is 4.01. The highest BCUT2D eigenvalue weighted by molar-refractivity contribution is 5.67. The summed E-state index contributed by atoms with van der Waals surface area (Å²) in [5.41, 5.74) is 7.94. The second-order valence-electron chi connectivity index (χ2n) is 4.65. The van der Waals surface area contributed by atoms with Crippen molar-refractivity contribution in [2.75, 3.05) is 17.7 Å². The van der Waals surface area contributed by atoms with Gasteiger partial charge in [0.05, 0.1) is 11.4 Å². The summed E-state index contributed by atoms with van der Waals surface area (Å²) in [4.78, 5) is 2.26. The summed E-state index contributed by atoms with van der Waals surface area (Å²) in [6.07, 6.45) is 1.19. The minimum absolute atomic E-state index is 0.523. The number of benzene rings is 1. The molecule has 0 saturated carbocycles. The number of nitrogen functional groups attached to an aromatic ring is 1. The van der Waals surface area contributed by atoms with Crippen molar-refractivity contribution in [3.63, 3.8) is 0 Å². The fourth-order valence-corrected chi connectivity index (χ4v) is 1.89. The van der Waals surface area contributed by atoms with Crippen molar-refractivity contribution in [2.24, 2.45) is 5.92 Å². The molecule has 0 aliphatic carbocycles. The number of para-hydroxylation sites is 2. The molecule has 0 heterocycles. The van der Waals surface area contributed by atoms with Crippen LogP contribution in [0.1, 0.15) is 27.2 Å². The molecule has 2 N–H and O–H groups in total. The average molecular weight is 206 g/mol.